The Balaban J connectivity index is 0.000000167. The van der Waals surface area contributed by atoms with Crippen LogP contribution in [0.1, 0.15) is 77.6 Å². The van der Waals surface area contributed by atoms with Gasteiger partial charge in [-0.2, -0.15) is 0 Å². The Labute approximate surface area is 312 Å². The van der Waals surface area contributed by atoms with Crippen LogP contribution in [-0.4, -0.2) is 0 Å². The van der Waals surface area contributed by atoms with Crippen LogP contribution >= 0.6 is 0 Å². The van der Waals surface area contributed by atoms with E-state index >= 15 is 0 Å². The lowest BCUT2D eigenvalue weighted by molar-refractivity contribution is 0.660. The lowest BCUT2D eigenvalue weighted by Gasteiger charge is -2.21. The molecule has 0 heteroatoms. The molecule has 0 amide bonds. The van der Waals surface area contributed by atoms with Gasteiger partial charge in [0.2, 0.25) is 0 Å². The molecule has 0 atom stereocenters. The fourth-order valence-corrected chi connectivity index (χ4v) is 8.00. The van der Waals surface area contributed by atoms with Gasteiger partial charge in [0.05, 0.1) is 0 Å². The number of rotatable bonds is 3. The second kappa shape index (κ2) is 15.4. The molecule has 0 saturated carbocycles. The highest BCUT2D eigenvalue weighted by Gasteiger charge is 2.37. The second-order valence-electron chi connectivity index (χ2n) is 14.1. The minimum atomic E-state index is 0.0711. The van der Waals surface area contributed by atoms with Crippen LogP contribution in [0.2, 0.25) is 0 Å². The standard InChI is InChI=1S/C27H22.C21H18.2C2H6/c1-27(2)25-11-7-6-10-23(25)24-18-22(16-17-26(24)27)21-14-12-20(13-15-21)19-8-4-3-5-9-19;1-21(2)18-13-7-6-11-17(18)20-16(12-8-14-19(20)21)15-9-4-3-5-10-15;2*1-2/h3-18H,1-2H3;3-14H,1-2H3;2*1-2H3. The first-order valence-electron chi connectivity index (χ1n) is 19.0. The molecule has 7 aromatic carbocycles. The van der Waals surface area contributed by atoms with E-state index in [1.807, 2.05) is 27.7 Å². The maximum atomic E-state index is 2.36. The highest BCUT2D eigenvalue weighted by atomic mass is 14.4. The molecule has 52 heavy (non-hydrogen) atoms. The maximum Gasteiger partial charge on any atom is 0.0159 e. The molecule has 0 fully saturated rings. The smallest absolute Gasteiger partial charge is 0.0159 e. The van der Waals surface area contributed by atoms with E-state index < -0.39 is 0 Å². The van der Waals surface area contributed by atoms with Crippen LogP contribution in [0.15, 0.2) is 170 Å². The Bertz CT molecular complexity index is 2250. The summed E-state index contributed by atoms with van der Waals surface area (Å²) in [5, 5.41) is 0. The molecule has 2 aliphatic rings. The first-order chi connectivity index (χ1) is 25.3. The fraction of sp³-hybridized carbons (Fsp3) is 0.192. The van der Waals surface area contributed by atoms with Gasteiger partial charge in [0, 0.05) is 10.8 Å². The average molecular weight is 677 g/mol. The van der Waals surface area contributed by atoms with Crippen LogP contribution in [0.3, 0.4) is 0 Å². The van der Waals surface area contributed by atoms with Gasteiger partial charge in [-0.25, -0.2) is 0 Å². The highest BCUT2D eigenvalue weighted by molar-refractivity contribution is 5.92. The van der Waals surface area contributed by atoms with E-state index in [-0.39, 0.29) is 10.8 Å². The maximum absolute atomic E-state index is 2.36. The van der Waals surface area contributed by atoms with Crippen molar-refractivity contribution < 1.29 is 0 Å². The molecular weight excluding hydrogens is 625 g/mol. The molecule has 0 heterocycles. The Hall–Kier alpha value is -5.46. The molecule has 0 bridgehead atoms. The van der Waals surface area contributed by atoms with Crippen molar-refractivity contribution in [3.8, 4) is 55.6 Å². The summed E-state index contributed by atoms with van der Waals surface area (Å²) in [5.74, 6) is 0. The van der Waals surface area contributed by atoms with Gasteiger partial charge in [0.15, 0.2) is 0 Å². The summed E-state index contributed by atoms with van der Waals surface area (Å²) in [6.07, 6.45) is 0. The van der Waals surface area contributed by atoms with Crippen LogP contribution < -0.4 is 0 Å². The van der Waals surface area contributed by atoms with Gasteiger partial charge in [0.25, 0.3) is 0 Å². The monoisotopic (exact) mass is 676 g/mol. The normalized spacial score (nSPS) is 13.3. The van der Waals surface area contributed by atoms with Crippen LogP contribution in [0.4, 0.5) is 0 Å². The zero-order chi connectivity index (χ0) is 36.9. The van der Waals surface area contributed by atoms with Gasteiger partial charge in [-0.1, -0.05) is 219 Å². The molecule has 0 saturated heterocycles. The van der Waals surface area contributed by atoms with E-state index in [9.17, 15) is 0 Å². The summed E-state index contributed by atoms with van der Waals surface area (Å²) in [7, 11) is 0. The molecule has 0 unspecified atom stereocenters. The van der Waals surface area contributed by atoms with E-state index in [2.05, 4.69) is 198 Å². The minimum Gasteiger partial charge on any atom is -0.0683 e. The third kappa shape index (κ3) is 6.55. The van der Waals surface area contributed by atoms with E-state index in [1.165, 1.54) is 77.9 Å². The van der Waals surface area contributed by atoms with Crippen molar-refractivity contribution >= 4 is 0 Å². The predicted octanol–water partition coefficient (Wildman–Crippen LogP) is 15.0. The van der Waals surface area contributed by atoms with Crippen molar-refractivity contribution in [2.75, 3.05) is 0 Å². The summed E-state index contributed by atoms with van der Waals surface area (Å²) >= 11 is 0. The molecule has 0 radical (unpaired) electrons. The largest absolute Gasteiger partial charge is 0.0683 e. The van der Waals surface area contributed by atoms with Crippen LogP contribution in [0, 0.1) is 0 Å². The van der Waals surface area contributed by atoms with E-state index in [1.54, 1.807) is 0 Å². The van der Waals surface area contributed by atoms with Crippen LogP contribution in [0.5, 0.6) is 0 Å². The molecule has 9 rings (SSSR count). The van der Waals surface area contributed by atoms with E-state index in [0.717, 1.165) is 0 Å². The van der Waals surface area contributed by atoms with Crippen LogP contribution in [0.25, 0.3) is 55.6 Å². The number of hydrogen-bond donors (Lipinski definition) is 0. The minimum absolute atomic E-state index is 0.0711. The summed E-state index contributed by atoms with van der Waals surface area (Å²) < 4.78 is 0. The van der Waals surface area contributed by atoms with Gasteiger partial charge in [0.1, 0.15) is 0 Å². The van der Waals surface area contributed by atoms with Crippen molar-refractivity contribution in [3.63, 3.8) is 0 Å². The molecule has 2 aliphatic carbocycles. The molecule has 7 aromatic rings. The molecule has 0 nitrogen and oxygen atoms in total. The topological polar surface area (TPSA) is 0 Å². The Morgan fingerprint density at radius 1 is 0.269 bits per heavy atom. The number of benzene rings is 7. The van der Waals surface area contributed by atoms with Gasteiger partial charge < -0.3 is 0 Å². The van der Waals surface area contributed by atoms with E-state index in [0.29, 0.717) is 0 Å². The Morgan fingerprint density at radius 2 is 0.654 bits per heavy atom. The first kappa shape index (κ1) is 36.3. The molecule has 0 spiro atoms. The molecule has 0 aromatic heterocycles. The molecular formula is C52H52. The fourth-order valence-electron chi connectivity index (χ4n) is 8.00. The molecule has 260 valence electrons. The predicted molar refractivity (Wildman–Crippen MR) is 227 cm³/mol. The van der Waals surface area contributed by atoms with E-state index in [4.69, 9.17) is 0 Å². The lowest BCUT2D eigenvalue weighted by Crippen LogP contribution is -2.14. The molecule has 0 aliphatic heterocycles. The quantitative estimate of drug-likeness (QED) is 0.175. The van der Waals surface area contributed by atoms with Crippen molar-refractivity contribution in [1.82, 2.24) is 0 Å². The summed E-state index contributed by atoms with van der Waals surface area (Å²) in [4.78, 5) is 0. The lowest BCUT2D eigenvalue weighted by atomic mass is 9.82. The Kier molecular flexibility index (Phi) is 10.8. The zero-order valence-electron chi connectivity index (χ0n) is 32.2. The summed E-state index contributed by atoms with van der Waals surface area (Å²) in [6.45, 7) is 17.3. The van der Waals surface area contributed by atoms with Crippen molar-refractivity contribution in [2.24, 2.45) is 0 Å². The average Bonchev–Trinajstić information content (AvgIpc) is 3.60. The van der Waals surface area contributed by atoms with Crippen LogP contribution in [-0.2, 0) is 10.8 Å². The number of hydrogen-bond acceptors (Lipinski definition) is 0. The third-order valence-electron chi connectivity index (χ3n) is 10.6. The summed E-state index contributed by atoms with van der Waals surface area (Å²) in [5.41, 5.74) is 19.1. The second-order valence-corrected chi connectivity index (χ2v) is 14.1. The summed E-state index contributed by atoms with van der Waals surface area (Å²) in [6, 6.07) is 61.4. The van der Waals surface area contributed by atoms with Gasteiger partial charge in [-0.3, -0.25) is 0 Å². The zero-order valence-corrected chi connectivity index (χ0v) is 32.2. The first-order valence-corrected chi connectivity index (χ1v) is 19.0. The Morgan fingerprint density at radius 3 is 1.27 bits per heavy atom. The molecule has 0 N–H and O–H groups in total. The SMILES string of the molecule is CC.CC.CC1(C)c2ccccc2-c2c(-c3ccccc3)cccc21.CC1(C)c2ccccc2-c2cc(-c3ccc(-c4ccccc4)cc3)ccc21. The third-order valence-corrected chi connectivity index (χ3v) is 10.6. The van der Waals surface area contributed by atoms with Gasteiger partial charge in [-0.15, -0.1) is 0 Å². The van der Waals surface area contributed by atoms with Gasteiger partial charge >= 0.3 is 0 Å². The van der Waals surface area contributed by atoms with Crippen molar-refractivity contribution in [3.05, 3.63) is 192 Å². The van der Waals surface area contributed by atoms with Crippen molar-refractivity contribution in [2.45, 2.75) is 66.2 Å². The number of fused-ring (bicyclic) bond motifs is 6. The van der Waals surface area contributed by atoms with Crippen molar-refractivity contribution in [1.29, 1.82) is 0 Å². The highest BCUT2D eigenvalue weighted by Crippen LogP contribution is 2.52. The van der Waals surface area contributed by atoms with Gasteiger partial charge in [-0.05, 0) is 84.0 Å².